The molecule has 0 radical (unpaired) electrons. The predicted octanol–water partition coefficient (Wildman–Crippen LogP) is 5.28. The van der Waals surface area contributed by atoms with Crippen molar-refractivity contribution in [2.45, 2.75) is 51.5 Å². The van der Waals surface area contributed by atoms with E-state index in [0.717, 1.165) is 29.3 Å². The molecule has 1 atom stereocenters. The van der Waals surface area contributed by atoms with Crippen molar-refractivity contribution >= 4 is 11.6 Å². The van der Waals surface area contributed by atoms with Crippen LogP contribution in [0.25, 0.3) is 0 Å². The molecule has 2 rings (SSSR count). The summed E-state index contributed by atoms with van der Waals surface area (Å²) in [5, 5.41) is 4.38. The molecule has 3 heteroatoms. The van der Waals surface area contributed by atoms with Crippen molar-refractivity contribution in [2.24, 2.45) is 0 Å². The average Bonchev–Trinajstić information content (AvgIpc) is 2.45. The van der Waals surface area contributed by atoms with Gasteiger partial charge in [-0.15, -0.1) is 0 Å². The Bertz CT molecular complexity index is 484. The van der Waals surface area contributed by atoms with Gasteiger partial charge in [0.1, 0.15) is 5.75 Å². The number of likely N-dealkylation sites (N-methyl/N-ethyl adjacent to an activating group) is 1. The second kappa shape index (κ2) is 8.45. The van der Waals surface area contributed by atoms with Gasteiger partial charge in [0.25, 0.3) is 0 Å². The summed E-state index contributed by atoms with van der Waals surface area (Å²) < 4.78 is 5.55. The van der Waals surface area contributed by atoms with E-state index in [4.69, 9.17) is 16.3 Å². The number of allylic oxidation sites excluding steroid dienone is 1. The molecule has 0 spiro atoms. The summed E-state index contributed by atoms with van der Waals surface area (Å²) in [5.74, 6) is 0.910. The smallest absolute Gasteiger partial charge is 0.124 e. The molecule has 0 fully saturated rings. The van der Waals surface area contributed by atoms with Crippen LogP contribution in [-0.2, 0) is 0 Å². The normalized spacial score (nSPS) is 20.0. The molecule has 1 unspecified atom stereocenters. The third-order valence-electron chi connectivity index (χ3n) is 4.11. The van der Waals surface area contributed by atoms with E-state index in [0.29, 0.717) is 0 Å². The minimum absolute atomic E-state index is 0.210. The van der Waals surface area contributed by atoms with Crippen LogP contribution < -0.4 is 10.1 Å². The largest absolute Gasteiger partial charge is 0.496 e. The van der Waals surface area contributed by atoms with Crippen LogP contribution in [-0.4, -0.2) is 13.7 Å². The van der Waals surface area contributed by atoms with Gasteiger partial charge in [-0.3, -0.25) is 0 Å². The van der Waals surface area contributed by atoms with Crippen LogP contribution in [0.15, 0.2) is 29.8 Å². The third-order valence-corrected chi connectivity index (χ3v) is 4.34. The zero-order valence-electron chi connectivity index (χ0n) is 13.1. The lowest BCUT2D eigenvalue weighted by atomic mass is 9.90. The lowest BCUT2D eigenvalue weighted by molar-refractivity contribution is 0.402. The monoisotopic (exact) mass is 307 g/mol. The molecule has 0 heterocycles. The first-order valence-electron chi connectivity index (χ1n) is 8.02. The van der Waals surface area contributed by atoms with E-state index < -0.39 is 0 Å². The van der Waals surface area contributed by atoms with Crippen molar-refractivity contribution in [1.82, 2.24) is 5.32 Å². The van der Waals surface area contributed by atoms with Crippen LogP contribution >= 0.6 is 11.6 Å². The minimum Gasteiger partial charge on any atom is -0.496 e. The van der Waals surface area contributed by atoms with Gasteiger partial charge in [0.05, 0.1) is 13.2 Å². The van der Waals surface area contributed by atoms with E-state index in [1.807, 2.05) is 18.2 Å². The molecular formula is C18H26ClNO. The van der Waals surface area contributed by atoms with E-state index in [1.165, 1.54) is 37.7 Å². The third kappa shape index (κ3) is 4.49. The lowest BCUT2D eigenvalue weighted by Crippen LogP contribution is -2.24. The highest BCUT2D eigenvalue weighted by molar-refractivity contribution is 6.30. The van der Waals surface area contributed by atoms with Crippen molar-refractivity contribution in [1.29, 1.82) is 0 Å². The number of halogens is 1. The Morgan fingerprint density at radius 1 is 1.24 bits per heavy atom. The second-order valence-electron chi connectivity index (χ2n) is 5.61. The van der Waals surface area contributed by atoms with Gasteiger partial charge >= 0.3 is 0 Å². The number of methoxy groups -OCH3 is 1. The molecule has 0 bridgehead atoms. The van der Waals surface area contributed by atoms with Gasteiger partial charge in [-0.1, -0.05) is 43.0 Å². The van der Waals surface area contributed by atoms with Gasteiger partial charge in [-0.05, 0) is 50.4 Å². The number of hydrogen-bond acceptors (Lipinski definition) is 2. The molecule has 2 nitrogen and oxygen atoms in total. The zero-order chi connectivity index (χ0) is 15.1. The first-order valence-corrected chi connectivity index (χ1v) is 8.39. The SMILES string of the molecule is CCNC(/C1=C/CCCCCC1)c1cc(Cl)ccc1OC. The number of rotatable bonds is 5. The van der Waals surface area contributed by atoms with Gasteiger partial charge in [0.15, 0.2) is 0 Å². The van der Waals surface area contributed by atoms with Crippen molar-refractivity contribution in [3.63, 3.8) is 0 Å². The van der Waals surface area contributed by atoms with Gasteiger partial charge < -0.3 is 10.1 Å². The molecule has 0 amide bonds. The molecule has 1 aromatic rings. The van der Waals surface area contributed by atoms with Crippen molar-refractivity contribution in [3.05, 3.63) is 40.4 Å². The average molecular weight is 308 g/mol. The summed E-state index contributed by atoms with van der Waals surface area (Å²) >= 11 is 6.21. The van der Waals surface area contributed by atoms with Crippen LogP contribution in [0.1, 0.15) is 57.1 Å². The first kappa shape index (κ1) is 16.4. The van der Waals surface area contributed by atoms with E-state index in [9.17, 15) is 0 Å². The Hall–Kier alpha value is -0.990. The summed E-state index contributed by atoms with van der Waals surface area (Å²) in [6.07, 6.45) is 10.0. The Morgan fingerprint density at radius 3 is 2.81 bits per heavy atom. The van der Waals surface area contributed by atoms with Crippen molar-refractivity contribution in [2.75, 3.05) is 13.7 Å². The van der Waals surface area contributed by atoms with Crippen molar-refractivity contribution < 1.29 is 4.74 Å². The molecule has 1 aliphatic carbocycles. The summed E-state index contributed by atoms with van der Waals surface area (Å²) in [6, 6.07) is 6.10. The highest BCUT2D eigenvalue weighted by atomic mass is 35.5. The maximum Gasteiger partial charge on any atom is 0.124 e. The fourth-order valence-corrected chi connectivity index (χ4v) is 3.23. The molecular weight excluding hydrogens is 282 g/mol. The maximum atomic E-state index is 6.21. The highest BCUT2D eigenvalue weighted by Crippen LogP contribution is 2.35. The van der Waals surface area contributed by atoms with Gasteiger partial charge in [0.2, 0.25) is 0 Å². The minimum atomic E-state index is 0.210. The maximum absolute atomic E-state index is 6.21. The van der Waals surface area contributed by atoms with E-state index in [2.05, 4.69) is 18.3 Å². The van der Waals surface area contributed by atoms with E-state index >= 15 is 0 Å². The number of hydrogen-bond donors (Lipinski definition) is 1. The molecule has 0 saturated heterocycles. The second-order valence-corrected chi connectivity index (χ2v) is 6.05. The summed E-state index contributed by atoms with van der Waals surface area (Å²) in [6.45, 7) is 3.07. The zero-order valence-corrected chi connectivity index (χ0v) is 13.9. The van der Waals surface area contributed by atoms with Gasteiger partial charge in [0, 0.05) is 10.6 Å². The van der Waals surface area contributed by atoms with Gasteiger partial charge in [-0.2, -0.15) is 0 Å². The molecule has 0 aliphatic heterocycles. The van der Waals surface area contributed by atoms with Crippen LogP contribution in [0.5, 0.6) is 5.75 Å². The van der Waals surface area contributed by atoms with E-state index in [1.54, 1.807) is 7.11 Å². The molecule has 1 N–H and O–H groups in total. The van der Waals surface area contributed by atoms with Crippen LogP contribution in [0.2, 0.25) is 5.02 Å². The van der Waals surface area contributed by atoms with Crippen LogP contribution in [0.4, 0.5) is 0 Å². The molecule has 0 aromatic heterocycles. The standard InChI is InChI=1S/C18H26ClNO/c1-3-20-18(14-9-7-5-4-6-8-10-14)16-13-15(19)11-12-17(16)21-2/h9,11-13,18,20H,3-8,10H2,1-2H3/b14-9+. The van der Waals surface area contributed by atoms with Crippen molar-refractivity contribution in [3.8, 4) is 5.75 Å². The Kier molecular flexibility index (Phi) is 6.59. The van der Waals surface area contributed by atoms with E-state index in [-0.39, 0.29) is 6.04 Å². The summed E-state index contributed by atoms with van der Waals surface area (Å²) in [7, 11) is 1.72. The quantitative estimate of drug-likeness (QED) is 0.747. The molecule has 21 heavy (non-hydrogen) atoms. The lowest BCUT2D eigenvalue weighted by Gasteiger charge is -2.25. The summed E-state index contributed by atoms with van der Waals surface area (Å²) in [4.78, 5) is 0. The predicted molar refractivity (Wildman–Crippen MR) is 90.2 cm³/mol. The molecule has 1 aliphatic rings. The first-order chi connectivity index (χ1) is 10.3. The van der Waals surface area contributed by atoms with Crippen LogP contribution in [0, 0.1) is 0 Å². The fourth-order valence-electron chi connectivity index (χ4n) is 3.05. The Morgan fingerprint density at radius 2 is 2.05 bits per heavy atom. The Balaban J connectivity index is 2.35. The molecule has 1 aromatic carbocycles. The number of nitrogens with one attached hydrogen (secondary N) is 1. The number of benzene rings is 1. The number of ether oxygens (including phenoxy) is 1. The topological polar surface area (TPSA) is 21.3 Å². The molecule has 116 valence electrons. The highest BCUT2D eigenvalue weighted by Gasteiger charge is 2.20. The fraction of sp³-hybridized carbons (Fsp3) is 0.556. The van der Waals surface area contributed by atoms with Crippen LogP contribution in [0.3, 0.4) is 0 Å². The van der Waals surface area contributed by atoms with Gasteiger partial charge in [-0.25, -0.2) is 0 Å². The Labute approximate surface area is 133 Å². The summed E-state index contributed by atoms with van der Waals surface area (Å²) in [5.41, 5.74) is 2.63. The molecule has 0 saturated carbocycles.